The first-order chi connectivity index (χ1) is 16.2. The highest BCUT2D eigenvalue weighted by atomic mass is 16.5. The molecule has 2 aromatic carbocycles. The largest absolute Gasteiger partial charge is 0.445 e. The Labute approximate surface area is 194 Å². The molecule has 2 amide bonds. The summed E-state index contributed by atoms with van der Waals surface area (Å²) in [6.45, 7) is 2.68. The molecule has 1 aliphatic heterocycles. The van der Waals surface area contributed by atoms with Crippen molar-refractivity contribution < 1.29 is 14.3 Å². The fourth-order valence-corrected chi connectivity index (χ4v) is 3.87. The number of nitrogens with zero attached hydrogens (tertiary/aromatic N) is 3. The Morgan fingerprint density at radius 1 is 0.848 bits per heavy atom. The number of rotatable bonds is 7. The van der Waals surface area contributed by atoms with Gasteiger partial charge in [-0.1, -0.05) is 66.7 Å². The van der Waals surface area contributed by atoms with Gasteiger partial charge in [-0.2, -0.15) is 0 Å². The molecule has 1 saturated heterocycles. The van der Waals surface area contributed by atoms with Crippen molar-refractivity contribution in [3.05, 3.63) is 96.2 Å². The van der Waals surface area contributed by atoms with Crippen LogP contribution in [0.3, 0.4) is 0 Å². The van der Waals surface area contributed by atoms with E-state index in [-0.39, 0.29) is 12.5 Å². The molecule has 0 saturated carbocycles. The number of amides is 2. The number of aromatic nitrogens is 1. The molecule has 7 nitrogen and oxygen atoms in total. The second-order valence-electron chi connectivity index (χ2n) is 7.95. The van der Waals surface area contributed by atoms with Crippen LogP contribution in [0.1, 0.15) is 11.1 Å². The standard InChI is InChI=1S/C26H28N4O3/c31-25(30-17-15-29(16-18-30)24-13-7-8-14-27-24)23(19-21-9-3-1-4-10-21)28-26(32)33-20-22-11-5-2-6-12-22/h1-14,23H,15-20H2,(H,28,32). The van der Waals surface area contributed by atoms with Gasteiger partial charge in [0.1, 0.15) is 18.5 Å². The molecule has 0 radical (unpaired) electrons. The van der Waals surface area contributed by atoms with Crippen LogP contribution in [0.5, 0.6) is 0 Å². The zero-order valence-electron chi connectivity index (χ0n) is 18.5. The number of nitrogens with one attached hydrogen (secondary N) is 1. The molecule has 1 N–H and O–H groups in total. The van der Waals surface area contributed by atoms with Gasteiger partial charge in [-0.3, -0.25) is 4.79 Å². The minimum Gasteiger partial charge on any atom is -0.445 e. The van der Waals surface area contributed by atoms with E-state index < -0.39 is 12.1 Å². The smallest absolute Gasteiger partial charge is 0.408 e. The minimum absolute atomic E-state index is 0.101. The second-order valence-corrected chi connectivity index (χ2v) is 7.95. The van der Waals surface area contributed by atoms with Gasteiger partial charge in [0.05, 0.1) is 0 Å². The Bertz CT molecular complexity index is 1020. The highest BCUT2D eigenvalue weighted by Crippen LogP contribution is 2.14. The van der Waals surface area contributed by atoms with Crippen molar-refractivity contribution in [2.24, 2.45) is 0 Å². The fraction of sp³-hybridized carbons (Fsp3) is 0.269. The number of pyridine rings is 1. The van der Waals surface area contributed by atoms with Gasteiger partial charge in [0.2, 0.25) is 5.91 Å². The Morgan fingerprint density at radius 2 is 1.48 bits per heavy atom. The van der Waals surface area contributed by atoms with Gasteiger partial charge in [-0.05, 0) is 23.3 Å². The Hall–Kier alpha value is -3.87. The van der Waals surface area contributed by atoms with E-state index in [2.05, 4.69) is 15.2 Å². The second kappa shape index (κ2) is 11.1. The first kappa shape index (κ1) is 22.3. The molecule has 33 heavy (non-hydrogen) atoms. The third-order valence-electron chi connectivity index (χ3n) is 5.65. The van der Waals surface area contributed by atoms with Gasteiger partial charge >= 0.3 is 6.09 Å². The number of alkyl carbamates (subject to hydrolysis) is 1. The molecule has 4 rings (SSSR count). The van der Waals surface area contributed by atoms with E-state index in [1.807, 2.05) is 83.8 Å². The molecule has 2 heterocycles. The molecule has 170 valence electrons. The Kier molecular flexibility index (Phi) is 7.53. The van der Waals surface area contributed by atoms with E-state index in [0.717, 1.165) is 16.9 Å². The summed E-state index contributed by atoms with van der Waals surface area (Å²) in [4.78, 5) is 34.3. The maximum absolute atomic E-state index is 13.4. The van der Waals surface area contributed by atoms with Crippen LogP contribution < -0.4 is 10.2 Å². The van der Waals surface area contributed by atoms with Crippen molar-refractivity contribution >= 4 is 17.8 Å². The molecular weight excluding hydrogens is 416 g/mol. The van der Waals surface area contributed by atoms with Crippen molar-refractivity contribution in [3.63, 3.8) is 0 Å². The van der Waals surface area contributed by atoms with Crippen molar-refractivity contribution in [2.45, 2.75) is 19.1 Å². The van der Waals surface area contributed by atoms with Gasteiger partial charge in [0.15, 0.2) is 0 Å². The number of ether oxygens (including phenoxy) is 1. The molecule has 1 aliphatic rings. The van der Waals surface area contributed by atoms with E-state index in [4.69, 9.17) is 4.74 Å². The number of anilines is 1. The van der Waals surface area contributed by atoms with Gasteiger partial charge in [0.25, 0.3) is 0 Å². The average Bonchev–Trinajstić information content (AvgIpc) is 2.88. The zero-order valence-corrected chi connectivity index (χ0v) is 18.5. The lowest BCUT2D eigenvalue weighted by molar-refractivity contribution is -0.133. The van der Waals surface area contributed by atoms with E-state index in [1.54, 1.807) is 6.20 Å². The SMILES string of the molecule is O=C(NC(Cc1ccccc1)C(=O)N1CCN(c2ccccn2)CC1)OCc1ccccc1. The fourth-order valence-electron chi connectivity index (χ4n) is 3.87. The summed E-state index contributed by atoms with van der Waals surface area (Å²) < 4.78 is 5.37. The van der Waals surface area contributed by atoms with Crippen LogP contribution in [-0.2, 0) is 22.6 Å². The third-order valence-corrected chi connectivity index (χ3v) is 5.65. The summed E-state index contributed by atoms with van der Waals surface area (Å²) in [5.74, 6) is 0.809. The molecule has 0 aliphatic carbocycles. The summed E-state index contributed by atoms with van der Waals surface area (Å²) in [7, 11) is 0. The first-order valence-corrected chi connectivity index (χ1v) is 11.1. The van der Waals surface area contributed by atoms with Crippen LogP contribution in [0.15, 0.2) is 85.1 Å². The number of carbonyl (C=O) groups is 2. The topological polar surface area (TPSA) is 74.8 Å². The number of carbonyl (C=O) groups excluding carboxylic acids is 2. The van der Waals surface area contributed by atoms with E-state index >= 15 is 0 Å². The van der Waals surface area contributed by atoms with Crippen molar-refractivity contribution in [2.75, 3.05) is 31.1 Å². The lowest BCUT2D eigenvalue weighted by atomic mass is 10.0. The number of hydrogen-bond donors (Lipinski definition) is 1. The van der Waals surface area contributed by atoms with Crippen molar-refractivity contribution in [3.8, 4) is 0 Å². The first-order valence-electron chi connectivity index (χ1n) is 11.1. The summed E-state index contributed by atoms with van der Waals surface area (Å²) >= 11 is 0. The van der Waals surface area contributed by atoms with Crippen molar-refractivity contribution in [1.82, 2.24) is 15.2 Å². The monoisotopic (exact) mass is 444 g/mol. The zero-order chi connectivity index (χ0) is 22.9. The predicted octanol–water partition coefficient (Wildman–Crippen LogP) is 3.27. The maximum Gasteiger partial charge on any atom is 0.408 e. The summed E-state index contributed by atoms with van der Waals surface area (Å²) in [5.41, 5.74) is 1.87. The number of piperazine rings is 1. The Morgan fingerprint density at radius 3 is 2.12 bits per heavy atom. The molecule has 0 bridgehead atoms. The molecule has 0 spiro atoms. The van der Waals surface area contributed by atoms with Crippen LogP contribution in [-0.4, -0.2) is 54.1 Å². The molecule has 7 heteroatoms. The highest BCUT2D eigenvalue weighted by Gasteiger charge is 2.29. The van der Waals surface area contributed by atoms with Crippen LogP contribution >= 0.6 is 0 Å². The highest BCUT2D eigenvalue weighted by molar-refractivity contribution is 5.86. The maximum atomic E-state index is 13.4. The molecule has 3 aromatic rings. The summed E-state index contributed by atoms with van der Waals surface area (Å²) in [6.07, 6.45) is 1.58. The average molecular weight is 445 g/mol. The lowest BCUT2D eigenvalue weighted by Crippen LogP contribution is -2.55. The summed E-state index contributed by atoms with van der Waals surface area (Å²) in [6, 6.07) is 24.3. The number of benzene rings is 2. The normalized spacial score (nSPS) is 14.4. The van der Waals surface area contributed by atoms with Crippen LogP contribution in [0.4, 0.5) is 10.6 Å². The van der Waals surface area contributed by atoms with E-state index in [1.165, 1.54) is 0 Å². The molecule has 1 unspecified atom stereocenters. The van der Waals surface area contributed by atoms with E-state index in [9.17, 15) is 9.59 Å². The summed E-state index contributed by atoms with van der Waals surface area (Å²) in [5, 5.41) is 2.80. The van der Waals surface area contributed by atoms with Crippen molar-refractivity contribution in [1.29, 1.82) is 0 Å². The van der Waals surface area contributed by atoms with Gasteiger partial charge in [-0.15, -0.1) is 0 Å². The molecular formula is C26H28N4O3. The Balaban J connectivity index is 1.38. The quantitative estimate of drug-likeness (QED) is 0.606. The van der Waals surface area contributed by atoms with Gasteiger partial charge in [0, 0.05) is 38.8 Å². The molecule has 1 fully saturated rings. The van der Waals surface area contributed by atoms with Crippen LogP contribution in [0, 0.1) is 0 Å². The minimum atomic E-state index is -0.697. The van der Waals surface area contributed by atoms with E-state index in [0.29, 0.717) is 32.6 Å². The van der Waals surface area contributed by atoms with Gasteiger partial charge in [-0.25, -0.2) is 9.78 Å². The van der Waals surface area contributed by atoms with Crippen LogP contribution in [0.2, 0.25) is 0 Å². The predicted molar refractivity (Wildman–Crippen MR) is 127 cm³/mol. The number of hydrogen-bond acceptors (Lipinski definition) is 5. The third kappa shape index (κ3) is 6.32. The van der Waals surface area contributed by atoms with Crippen LogP contribution in [0.25, 0.3) is 0 Å². The van der Waals surface area contributed by atoms with Gasteiger partial charge < -0.3 is 19.9 Å². The lowest BCUT2D eigenvalue weighted by Gasteiger charge is -2.37. The molecule has 1 atom stereocenters. The molecule has 1 aromatic heterocycles.